The van der Waals surface area contributed by atoms with Crippen LogP contribution in [0.5, 0.6) is 0 Å². The Bertz CT molecular complexity index is 488. The molecule has 86 valence electrons. The lowest BCUT2D eigenvalue weighted by Crippen LogP contribution is -2.29. The largest absolute Gasteiger partial charge is 0.361 e. The summed E-state index contributed by atoms with van der Waals surface area (Å²) in [7, 11) is 0. The van der Waals surface area contributed by atoms with Gasteiger partial charge in [0.05, 0.1) is 0 Å². The zero-order valence-electron chi connectivity index (χ0n) is 9.79. The van der Waals surface area contributed by atoms with Gasteiger partial charge in [0, 0.05) is 22.7 Å². The topological polar surface area (TPSA) is 70.9 Å². The van der Waals surface area contributed by atoms with Crippen LogP contribution in [0.25, 0.3) is 10.9 Å². The van der Waals surface area contributed by atoms with Crippen LogP contribution in [-0.2, 0) is 0 Å². The maximum atomic E-state index is 11.2. The average Bonchev–Trinajstić information content (AvgIpc) is 2.72. The molecule has 0 aliphatic rings. The van der Waals surface area contributed by atoms with Gasteiger partial charge in [0.15, 0.2) is 0 Å². The first-order valence-electron chi connectivity index (χ1n) is 5.31. The second kappa shape index (κ2) is 5.32. The van der Waals surface area contributed by atoms with Crippen LogP contribution in [0.1, 0.15) is 29.8 Å². The van der Waals surface area contributed by atoms with Gasteiger partial charge in [-0.25, -0.2) is 5.84 Å². The van der Waals surface area contributed by atoms with Crippen LogP contribution in [0.3, 0.4) is 0 Å². The SMILES string of the molecule is CC.Cc1c[nH]c2ccc(C(=O)NN)cc12. The molecule has 0 spiro atoms. The molecular weight excluding hydrogens is 202 g/mol. The minimum atomic E-state index is -0.271. The first-order valence-corrected chi connectivity index (χ1v) is 5.31. The summed E-state index contributed by atoms with van der Waals surface area (Å²) in [5.74, 6) is 4.78. The van der Waals surface area contributed by atoms with Crippen LogP contribution in [0.4, 0.5) is 0 Å². The molecule has 0 saturated heterocycles. The number of hydrazine groups is 1. The minimum absolute atomic E-state index is 0.271. The third kappa shape index (κ3) is 2.23. The van der Waals surface area contributed by atoms with E-state index in [2.05, 4.69) is 10.4 Å². The molecule has 1 aromatic heterocycles. The van der Waals surface area contributed by atoms with Gasteiger partial charge in [0.1, 0.15) is 0 Å². The van der Waals surface area contributed by atoms with E-state index in [-0.39, 0.29) is 5.91 Å². The van der Waals surface area contributed by atoms with Crippen molar-refractivity contribution in [3.05, 3.63) is 35.5 Å². The fraction of sp³-hybridized carbons (Fsp3) is 0.250. The summed E-state index contributed by atoms with van der Waals surface area (Å²) in [6, 6.07) is 5.43. The van der Waals surface area contributed by atoms with Crippen molar-refractivity contribution in [3.8, 4) is 0 Å². The number of fused-ring (bicyclic) bond motifs is 1. The summed E-state index contributed by atoms with van der Waals surface area (Å²) in [6.45, 7) is 5.99. The highest BCUT2D eigenvalue weighted by atomic mass is 16.2. The van der Waals surface area contributed by atoms with Gasteiger partial charge in [-0.1, -0.05) is 13.8 Å². The van der Waals surface area contributed by atoms with E-state index in [1.807, 2.05) is 39.1 Å². The van der Waals surface area contributed by atoms with Crippen LogP contribution in [0.2, 0.25) is 0 Å². The molecule has 4 nitrogen and oxygen atoms in total. The summed E-state index contributed by atoms with van der Waals surface area (Å²) < 4.78 is 0. The number of carbonyl (C=O) groups is 1. The number of nitrogens with one attached hydrogen (secondary N) is 2. The molecule has 0 aliphatic heterocycles. The number of amides is 1. The number of rotatable bonds is 1. The van der Waals surface area contributed by atoms with Gasteiger partial charge in [-0.05, 0) is 30.7 Å². The van der Waals surface area contributed by atoms with Crippen molar-refractivity contribution in [3.63, 3.8) is 0 Å². The van der Waals surface area contributed by atoms with Crippen LogP contribution < -0.4 is 11.3 Å². The van der Waals surface area contributed by atoms with Gasteiger partial charge in [-0.3, -0.25) is 10.2 Å². The van der Waals surface area contributed by atoms with Crippen molar-refractivity contribution in [2.45, 2.75) is 20.8 Å². The zero-order chi connectivity index (χ0) is 12.1. The van der Waals surface area contributed by atoms with Gasteiger partial charge in [-0.2, -0.15) is 0 Å². The lowest BCUT2D eigenvalue weighted by molar-refractivity contribution is 0.0954. The van der Waals surface area contributed by atoms with Gasteiger partial charge in [-0.15, -0.1) is 0 Å². The van der Waals surface area contributed by atoms with E-state index in [9.17, 15) is 4.79 Å². The Balaban J connectivity index is 0.000000606. The predicted molar refractivity (Wildman–Crippen MR) is 66.0 cm³/mol. The van der Waals surface area contributed by atoms with Gasteiger partial charge in [0.25, 0.3) is 5.91 Å². The van der Waals surface area contributed by atoms with Crippen LogP contribution in [-0.4, -0.2) is 10.9 Å². The molecule has 1 amide bonds. The Hall–Kier alpha value is -1.81. The van der Waals surface area contributed by atoms with E-state index in [0.29, 0.717) is 5.56 Å². The van der Waals surface area contributed by atoms with Crippen LogP contribution in [0.15, 0.2) is 24.4 Å². The summed E-state index contributed by atoms with van der Waals surface area (Å²) in [6.07, 6.45) is 1.91. The maximum absolute atomic E-state index is 11.2. The van der Waals surface area contributed by atoms with E-state index < -0.39 is 0 Å². The normalized spacial score (nSPS) is 9.50. The first-order chi connectivity index (χ1) is 7.72. The number of aromatic amines is 1. The molecule has 2 rings (SSSR count). The minimum Gasteiger partial charge on any atom is -0.361 e. The number of H-pyrrole nitrogens is 1. The van der Waals surface area contributed by atoms with Gasteiger partial charge in [0.2, 0.25) is 0 Å². The molecule has 0 bridgehead atoms. The number of aromatic nitrogens is 1. The lowest BCUT2D eigenvalue weighted by Gasteiger charge is -1.99. The highest BCUT2D eigenvalue weighted by Gasteiger charge is 2.05. The predicted octanol–water partition coefficient (Wildman–Crippen LogP) is 2.11. The summed E-state index contributed by atoms with van der Waals surface area (Å²) in [5, 5.41) is 1.05. The number of hydrogen-bond donors (Lipinski definition) is 3. The number of hydrogen-bond acceptors (Lipinski definition) is 2. The van der Waals surface area contributed by atoms with Gasteiger partial charge < -0.3 is 4.98 Å². The van der Waals surface area contributed by atoms with Crippen LogP contribution >= 0.6 is 0 Å². The quantitative estimate of drug-likeness (QED) is 0.390. The molecule has 0 saturated carbocycles. The first kappa shape index (κ1) is 12.3. The Morgan fingerprint density at radius 2 is 2.06 bits per heavy atom. The van der Waals surface area contributed by atoms with E-state index in [4.69, 9.17) is 5.84 Å². The Morgan fingerprint density at radius 1 is 1.38 bits per heavy atom. The number of carbonyl (C=O) groups excluding carboxylic acids is 1. The molecule has 0 unspecified atom stereocenters. The van der Waals surface area contributed by atoms with Crippen molar-refractivity contribution in [1.29, 1.82) is 0 Å². The van der Waals surface area contributed by atoms with Gasteiger partial charge >= 0.3 is 0 Å². The molecule has 4 N–H and O–H groups in total. The van der Waals surface area contributed by atoms with E-state index in [1.165, 1.54) is 0 Å². The molecule has 0 fully saturated rings. The van der Waals surface area contributed by atoms with Crippen molar-refractivity contribution >= 4 is 16.8 Å². The molecule has 1 aromatic carbocycles. The number of nitrogens with two attached hydrogens (primary N) is 1. The monoisotopic (exact) mass is 219 g/mol. The summed E-state index contributed by atoms with van der Waals surface area (Å²) in [4.78, 5) is 14.4. The fourth-order valence-electron chi connectivity index (χ4n) is 1.48. The van der Waals surface area contributed by atoms with E-state index in [0.717, 1.165) is 16.5 Å². The Kier molecular flexibility index (Phi) is 4.08. The smallest absolute Gasteiger partial charge is 0.265 e. The van der Waals surface area contributed by atoms with E-state index >= 15 is 0 Å². The second-order valence-electron chi connectivity index (χ2n) is 3.21. The molecule has 16 heavy (non-hydrogen) atoms. The van der Waals surface area contributed by atoms with Crippen LogP contribution in [0, 0.1) is 6.92 Å². The van der Waals surface area contributed by atoms with Crippen molar-refractivity contribution < 1.29 is 4.79 Å². The molecule has 0 atom stereocenters. The lowest BCUT2D eigenvalue weighted by atomic mass is 10.1. The summed E-state index contributed by atoms with van der Waals surface area (Å²) >= 11 is 0. The van der Waals surface area contributed by atoms with Crippen molar-refractivity contribution in [2.24, 2.45) is 5.84 Å². The van der Waals surface area contributed by atoms with Crippen molar-refractivity contribution in [2.75, 3.05) is 0 Å². The van der Waals surface area contributed by atoms with Crippen molar-refractivity contribution in [1.82, 2.24) is 10.4 Å². The Morgan fingerprint density at radius 3 is 2.69 bits per heavy atom. The van der Waals surface area contributed by atoms with E-state index in [1.54, 1.807) is 6.07 Å². The highest BCUT2D eigenvalue weighted by Crippen LogP contribution is 2.18. The number of benzene rings is 1. The summed E-state index contributed by atoms with van der Waals surface area (Å²) in [5.41, 5.74) is 4.82. The standard InChI is InChI=1S/C10H11N3O.C2H6/c1-6-5-12-9-3-2-7(4-8(6)9)10(14)13-11;1-2/h2-5,12H,11H2,1H3,(H,13,14);1-2H3. The third-order valence-corrected chi connectivity index (χ3v) is 2.28. The molecule has 1 heterocycles. The molecule has 0 radical (unpaired) electrons. The molecule has 4 heteroatoms. The average molecular weight is 219 g/mol. The Labute approximate surface area is 94.8 Å². The third-order valence-electron chi connectivity index (χ3n) is 2.28. The molecule has 2 aromatic rings. The molecular formula is C12H17N3O. The fourth-order valence-corrected chi connectivity index (χ4v) is 1.48. The number of nitrogen functional groups attached to an aromatic ring is 1. The zero-order valence-corrected chi connectivity index (χ0v) is 9.79. The molecule has 0 aliphatic carbocycles. The second-order valence-corrected chi connectivity index (χ2v) is 3.21. The maximum Gasteiger partial charge on any atom is 0.265 e. The highest BCUT2D eigenvalue weighted by molar-refractivity contribution is 5.98. The number of aryl methyl sites for hydroxylation is 1.